The van der Waals surface area contributed by atoms with Crippen LogP contribution < -0.4 is 5.32 Å². The van der Waals surface area contributed by atoms with Crippen molar-refractivity contribution in [3.63, 3.8) is 0 Å². The van der Waals surface area contributed by atoms with E-state index in [1.807, 2.05) is 11.8 Å². The second kappa shape index (κ2) is 4.71. The van der Waals surface area contributed by atoms with Gasteiger partial charge >= 0.3 is 0 Å². The molecule has 1 aliphatic rings. The van der Waals surface area contributed by atoms with E-state index in [-0.39, 0.29) is 0 Å². The zero-order valence-corrected chi connectivity index (χ0v) is 10.9. The minimum atomic E-state index is 0.526. The van der Waals surface area contributed by atoms with Crippen LogP contribution in [0.5, 0.6) is 0 Å². The number of thioether (sulfide) groups is 1. The maximum Gasteiger partial charge on any atom is 0.0415 e. The molecule has 1 unspecified atom stereocenters. The number of fused-ring (bicyclic) bond motifs is 3. The average Bonchev–Trinajstić information content (AvgIpc) is 2.39. The number of hydrogen-bond donors (Lipinski definition) is 1. The van der Waals surface area contributed by atoms with Gasteiger partial charge in [0.2, 0.25) is 0 Å². The molecule has 1 N–H and O–H groups in total. The number of hydrogen-bond acceptors (Lipinski definition) is 2. The molecule has 0 aliphatic carbocycles. The van der Waals surface area contributed by atoms with Crippen LogP contribution in [0.15, 0.2) is 36.4 Å². The van der Waals surface area contributed by atoms with Crippen molar-refractivity contribution in [3.05, 3.63) is 47.5 Å². The van der Waals surface area contributed by atoms with Gasteiger partial charge in [0.15, 0.2) is 0 Å². The molecule has 0 saturated carbocycles. The van der Waals surface area contributed by atoms with E-state index in [2.05, 4.69) is 48.6 Å². The molecule has 1 nitrogen and oxygen atoms in total. The van der Waals surface area contributed by atoms with E-state index in [0.29, 0.717) is 6.04 Å². The highest BCUT2D eigenvalue weighted by molar-refractivity contribution is 7.98. The maximum atomic E-state index is 3.58. The lowest BCUT2D eigenvalue weighted by atomic mass is 9.95. The van der Waals surface area contributed by atoms with Crippen LogP contribution in [0.4, 0.5) is 0 Å². The van der Waals surface area contributed by atoms with Gasteiger partial charge in [-0.1, -0.05) is 43.3 Å². The fraction of sp³-hybridized carbons (Fsp3) is 0.333. The standard InChI is InChI=1S/C15H17NS/c1-2-16-15-10-17-9-14-12-6-4-3-5-11(12)7-8-13(14)15/h3-8,15-16H,2,9-10H2,1H3. The lowest BCUT2D eigenvalue weighted by Crippen LogP contribution is -2.26. The van der Waals surface area contributed by atoms with E-state index in [9.17, 15) is 0 Å². The van der Waals surface area contributed by atoms with Crippen LogP contribution in [-0.2, 0) is 5.75 Å². The highest BCUT2D eigenvalue weighted by Gasteiger charge is 2.20. The van der Waals surface area contributed by atoms with Crippen molar-refractivity contribution in [3.8, 4) is 0 Å². The SMILES string of the molecule is CCNC1CSCc2c1ccc1ccccc21. The van der Waals surface area contributed by atoms with Crippen LogP contribution in [0.25, 0.3) is 10.8 Å². The summed E-state index contributed by atoms with van der Waals surface area (Å²) in [5.74, 6) is 2.35. The van der Waals surface area contributed by atoms with Crippen LogP contribution in [-0.4, -0.2) is 12.3 Å². The summed E-state index contributed by atoms with van der Waals surface area (Å²) in [4.78, 5) is 0. The molecule has 0 radical (unpaired) electrons. The molecule has 88 valence electrons. The van der Waals surface area contributed by atoms with Crippen molar-refractivity contribution < 1.29 is 0 Å². The molecule has 0 spiro atoms. The summed E-state index contributed by atoms with van der Waals surface area (Å²) in [5, 5.41) is 6.38. The molecule has 1 aliphatic heterocycles. The Morgan fingerprint density at radius 2 is 2.12 bits per heavy atom. The molecule has 0 amide bonds. The molecule has 2 aromatic carbocycles. The van der Waals surface area contributed by atoms with Gasteiger partial charge in [-0.05, 0) is 28.4 Å². The van der Waals surface area contributed by atoms with Crippen LogP contribution >= 0.6 is 11.8 Å². The second-order valence-corrected chi connectivity index (χ2v) is 5.51. The fourth-order valence-electron chi connectivity index (χ4n) is 2.62. The summed E-state index contributed by atoms with van der Waals surface area (Å²) in [6.07, 6.45) is 0. The van der Waals surface area contributed by atoms with Crippen LogP contribution in [0.1, 0.15) is 24.1 Å². The van der Waals surface area contributed by atoms with E-state index in [4.69, 9.17) is 0 Å². The van der Waals surface area contributed by atoms with Crippen molar-refractivity contribution in [2.24, 2.45) is 0 Å². The Morgan fingerprint density at radius 1 is 1.24 bits per heavy atom. The van der Waals surface area contributed by atoms with Gasteiger partial charge in [0.05, 0.1) is 0 Å². The van der Waals surface area contributed by atoms with E-state index in [1.165, 1.54) is 27.7 Å². The molecular weight excluding hydrogens is 226 g/mol. The van der Waals surface area contributed by atoms with Crippen LogP contribution in [0.3, 0.4) is 0 Å². The Bertz CT molecular complexity index is 535. The maximum absolute atomic E-state index is 3.58. The molecule has 0 bridgehead atoms. The molecule has 0 aromatic heterocycles. The summed E-state index contributed by atoms with van der Waals surface area (Å²) >= 11 is 2.04. The quantitative estimate of drug-likeness (QED) is 0.862. The van der Waals surface area contributed by atoms with E-state index >= 15 is 0 Å². The van der Waals surface area contributed by atoms with Gasteiger partial charge in [0.1, 0.15) is 0 Å². The largest absolute Gasteiger partial charge is 0.309 e. The fourth-order valence-corrected chi connectivity index (χ4v) is 3.80. The lowest BCUT2D eigenvalue weighted by Gasteiger charge is -2.27. The van der Waals surface area contributed by atoms with Crippen molar-refractivity contribution in [1.82, 2.24) is 5.32 Å². The minimum Gasteiger partial charge on any atom is -0.309 e. The van der Waals surface area contributed by atoms with Crippen LogP contribution in [0, 0.1) is 0 Å². The Balaban J connectivity index is 2.16. The third-order valence-electron chi connectivity index (χ3n) is 3.43. The lowest BCUT2D eigenvalue weighted by molar-refractivity contribution is 0.599. The molecule has 0 saturated heterocycles. The summed E-state index contributed by atoms with van der Waals surface area (Å²) < 4.78 is 0. The van der Waals surface area contributed by atoms with Gasteiger partial charge in [-0.2, -0.15) is 11.8 Å². The third-order valence-corrected chi connectivity index (χ3v) is 4.50. The first-order valence-electron chi connectivity index (χ1n) is 6.22. The number of nitrogens with one attached hydrogen (secondary N) is 1. The smallest absolute Gasteiger partial charge is 0.0415 e. The van der Waals surface area contributed by atoms with Crippen LogP contribution in [0.2, 0.25) is 0 Å². The molecule has 17 heavy (non-hydrogen) atoms. The molecular formula is C15H17NS. The van der Waals surface area contributed by atoms with E-state index in [1.54, 1.807) is 0 Å². The summed E-state index contributed by atoms with van der Waals surface area (Å²) in [6, 6.07) is 13.8. The van der Waals surface area contributed by atoms with Gasteiger partial charge in [-0.25, -0.2) is 0 Å². The molecule has 2 heteroatoms. The Kier molecular flexibility index (Phi) is 3.08. The summed E-state index contributed by atoms with van der Waals surface area (Å²) in [7, 11) is 0. The Morgan fingerprint density at radius 3 is 3.00 bits per heavy atom. The van der Waals surface area contributed by atoms with Gasteiger partial charge in [-0.3, -0.25) is 0 Å². The first kappa shape index (κ1) is 11.1. The Labute approximate surface area is 107 Å². The third kappa shape index (κ3) is 1.96. The summed E-state index contributed by atoms with van der Waals surface area (Å²) in [6.45, 7) is 3.22. The molecule has 1 atom stereocenters. The van der Waals surface area contributed by atoms with Crippen molar-refractivity contribution in [2.45, 2.75) is 18.7 Å². The number of rotatable bonds is 2. The predicted molar refractivity (Wildman–Crippen MR) is 76.5 cm³/mol. The van der Waals surface area contributed by atoms with Gasteiger partial charge < -0.3 is 5.32 Å². The van der Waals surface area contributed by atoms with Crippen molar-refractivity contribution in [2.75, 3.05) is 12.3 Å². The molecule has 2 aromatic rings. The highest BCUT2D eigenvalue weighted by atomic mass is 32.2. The number of benzene rings is 2. The second-order valence-electron chi connectivity index (χ2n) is 4.48. The zero-order chi connectivity index (χ0) is 11.7. The normalized spacial score (nSPS) is 19.2. The predicted octanol–water partition coefficient (Wildman–Crippen LogP) is 3.74. The van der Waals surface area contributed by atoms with Crippen molar-refractivity contribution >= 4 is 22.5 Å². The first-order chi connectivity index (χ1) is 8.40. The van der Waals surface area contributed by atoms with Crippen molar-refractivity contribution in [1.29, 1.82) is 0 Å². The zero-order valence-electron chi connectivity index (χ0n) is 10.1. The highest BCUT2D eigenvalue weighted by Crippen LogP contribution is 2.36. The van der Waals surface area contributed by atoms with E-state index < -0.39 is 0 Å². The van der Waals surface area contributed by atoms with Gasteiger partial charge in [0, 0.05) is 17.5 Å². The first-order valence-corrected chi connectivity index (χ1v) is 7.37. The summed E-state index contributed by atoms with van der Waals surface area (Å²) in [5.41, 5.74) is 3.04. The van der Waals surface area contributed by atoms with Gasteiger partial charge in [-0.15, -0.1) is 0 Å². The molecule has 1 heterocycles. The Hall–Kier alpha value is -0.990. The molecule has 3 rings (SSSR count). The van der Waals surface area contributed by atoms with Gasteiger partial charge in [0.25, 0.3) is 0 Å². The topological polar surface area (TPSA) is 12.0 Å². The average molecular weight is 243 g/mol. The monoisotopic (exact) mass is 243 g/mol. The minimum absolute atomic E-state index is 0.526. The molecule has 0 fully saturated rings. The van der Waals surface area contributed by atoms with E-state index in [0.717, 1.165) is 12.3 Å².